The molecule has 0 spiro atoms. The van der Waals surface area contributed by atoms with E-state index in [0.29, 0.717) is 5.56 Å². The number of carboxylic acid groups (broad SMARTS) is 1. The highest BCUT2D eigenvalue weighted by molar-refractivity contribution is 5.93. The van der Waals surface area contributed by atoms with Crippen LogP contribution in [0.2, 0.25) is 0 Å². The highest BCUT2D eigenvalue weighted by atomic mass is 35.5. The van der Waals surface area contributed by atoms with Gasteiger partial charge in [0.2, 0.25) is 0 Å². The molecule has 0 aliphatic rings. The molecule has 0 aromatic heterocycles. The normalized spacial score (nSPS) is 9.67. The fourth-order valence-electron chi connectivity index (χ4n) is 0.919. The van der Waals surface area contributed by atoms with Crippen LogP contribution in [0.4, 0.5) is 0 Å². The van der Waals surface area contributed by atoms with Crippen LogP contribution in [0.5, 0.6) is 5.75 Å². The standard InChI is InChI=1S/C9H9NO4.ClH/c1-14-10-5-6-2-3-8(11)7(4-6)9(12)13;/h2-5,11H,1H3,(H,12,13);1H/b10-5+;. The Hall–Kier alpha value is -1.75. The van der Waals surface area contributed by atoms with E-state index in [1.165, 1.54) is 31.5 Å². The molecule has 6 heteroatoms. The van der Waals surface area contributed by atoms with E-state index in [2.05, 4.69) is 9.99 Å². The molecule has 5 nitrogen and oxygen atoms in total. The zero-order valence-electron chi connectivity index (χ0n) is 7.88. The number of carbonyl (C=O) groups is 1. The van der Waals surface area contributed by atoms with E-state index in [1.807, 2.05) is 0 Å². The van der Waals surface area contributed by atoms with Crippen LogP contribution in [0.25, 0.3) is 0 Å². The van der Waals surface area contributed by atoms with E-state index in [0.717, 1.165) is 0 Å². The van der Waals surface area contributed by atoms with Crippen molar-refractivity contribution < 1.29 is 19.8 Å². The summed E-state index contributed by atoms with van der Waals surface area (Å²) < 4.78 is 0. The van der Waals surface area contributed by atoms with Crippen LogP contribution in [0.1, 0.15) is 15.9 Å². The van der Waals surface area contributed by atoms with Gasteiger partial charge in [-0.05, 0) is 23.8 Å². The minimum Gasteiger partial charge on any atom is -0.507 e. The van der Waals surface area contributed by atoms with Gasteiger partial charge in [0.15, 0.2) is 0 Å². The van der Waals surface area contributed by atoms with Crippen molar-refractivity contribution in [3.63, 3.8) is 0 Å². The molecule has 0 saturated heterocycles. The van der Waals surface area contributed by atoms with Crippen molar-refractivity contribution in [1.82, 2.24) is 0 Å². The smallest absolute Gasteiger partial charge is 0.339 e. The topological polar surface area (TPSA) is 79.1 Å². The molecule has 0 saturated carbocycles. The van der Waals surface area contributed by atoms with Gasteiger partial charge in [0, 0.05) is 0 Å². The number of aromatic hydroxyl groups is 1. The Morgan fingerprint density at radius 2 is 2.20 bits per heavy atom. The van der Waals surface area contributed by atoms with E-state index in [1.54, 1.807) is 0 Å². The van der Waals surface area contributed by atoms with Crippen LogP contribution in [0.15, 0.2) is 23.4 Å². The molecule has 0 aliphatic heterocycles. The second-order valence-electron chi connectivity index (χ2n) is 2.50. The third-order valence-electron chi connectivity index (χ3n) is 1.56. The minimum absolute atomic E-state index is 0. The molecule has 1 aromatic rings. The lowest BCUT2D eigenvalue weighted by atomic mass is 10.1. The molecule has 0 fully saturated rings. The average Bonchev–Trinajstić information content (AvgIpc) is 2.16. The zero-order valence-corrected chi connectivity index (χ0v) is 8.69. The number of oxime groups is 1. The van der Waals surface area contributed by atoms with Crippen LogP contribution >= 0.6 is 12.4 Å². The van der Waals surface area contributed by atoms with Crippen molar-refractivity contribution in [3.8, 4) is 5.75 Å². The van der Waals surface area contributed by atoms with Crippen LogP contribution in [-0.4, -0.2) is 29.5 Å². The van der Waals surface area contributed by atoms with E-state index >= 15 is 0 Å². The molecule has 0 amide bonds. The largest absolute Gasteiger partial charge is 0.507 e. The summed E-state index contributed by atoms with van der Waals surface area (Å²) in [6, 6.07) is 4.13. The Morgan fingerprint density at radius 3 is 2.73 bits per heavy atom. The maximum Gasteiger partial charge on any atom is 0.339 e. The number of aromatic carboxylic acids is 1. The zero-order chi connectivity index (χ0) is 10.6. The van der Waals surface area contributed by atoms with Crippen molar-refractivity contribution in [2.24, 2.45) is 5.16 Å². The fraction of sp³-hybridized carbons (Fsp3) is 0.111. The SMILES string of the molecule is CO/N=C/c1ccc(O)c(C(=O)O)c1.Cl. The summed E-state index contributed by atoms with van der Waals surface area (Å²) in [5, 5.41) is 21.3. The van der Waals surface area contributed by atoms with E-state index in [9.17, 15) is 9.90 Å². The lowest BCUT2D eigenvalue weighted by molar-refractivity contribution is 0.0693. The molecule has 0 bridgehead atoms. The molecule has 2 N–H and O–H groups in total. The molecule has 82 valence electrons. The number of nitrogens with zero attached hydrogens (tertiary/aromatic N) is 1. The minimum atomic E-state index is -1.19. The average molecular weight is 232 g/mol. The van der Waals surface area contributed by atoms with Crippen LogP contribution in [0.3, 0.4) is 0 Å². The van der Waals surface area contributed by atoms with E-state index in [-0.39, 0.29) is 23.7 Å². The van der Waals surface area contributed by atoms with E-state index < -0.39 is 5.97 Å². The molecule has 0 aliphatic carbocycles. The van der Waals surface area contributed by atoms with Gasteiger partial charge >= 0.3 is 5.97 Å². The Bertz CT molecular complexity index is 378. The third kappa shape index (κ3) is 3.47. The van der Waals surface area contributed by atoms with Gasteiger partial charge in [-0.15, -0.1) is 12.4 Å². The summed E-state index contributed by atoms with van der Waals surface area (Å²) in [4.78, 5) is 15.0. The second-order valence-corrected chi connectivity index (χ2v) is 2.50. The van der Waals surface area contributed by atoms with Gasteiger partial charge in [-0.25, -0.2) is 4.79 Å². The highest BCUT2D eigenvalue weighted by Gasteiger charge is 2.08. The summed E-state index contributed by atoms with van der Waals surface area (Å²) in [7, 11) is 1.38. The molecule has 0 radical (unpaired) electrons. The van der Waals surface area contributed by atoms with Crippen molar-refractivity contribution in [1.29, 1.82) is 0 Å². The lowest BCUT2D eigenvalue weighted by Crippen LogP contribution is -1.98. The molecule has 0 heterocycles. The summed E-state index contributed by atoms with van der Waals surface area (Å²) in [6.07, 6.45) is 1.35. The first-order valence-corrected chi connectivity index (χ1v) is 3.78. The number of phenols is 1. The Kier molecular flexibility index (Phi) is 5.19. The quantitative estimate of drug-likeness (QED) is 0.610. The number of rotatable bonds is 3. The van der Waals surface area contributed by atoms with Gasteiger partial charge in [0.1, 0.15) is 18.4 Å². The Balaban J connectivity index is 0.00000196. The van der Waals surface area contributed by atoms with Gasteiger partial charge in [0.05, 0.1) is 6.21 Å². The lowest BCUT2D eigenvalue weighted by Gasteiger charge is -1.99. The van der Waals surface area contributed by atoms with Gasteiger partial charge in [0.25, 0.3) is 0 Å². The van der Waals surface area contributed by atoms with Crippen molar-refractivity contribution >= 4 is 24.6 Å². The van der Waals surface area contributed by atoms with Crippen molar-refractivity contribution in [2.45, 2.75) is 0 Å². The molecular weight excluding hydrogens is 222 g/mol. The Labute approximate surface area is 92.4 Å². The summed E-state index contributed by atoms with van der Waals surface area (Å²) in [5.41, 5.74) is 0.382. The van der Waals surface area contributed by atoms with Gasteiger partial charge < -0.3 is 15.1 Å². The molecule has 1 aromatic carbocycles. The fourth-order valence-corrected chi connectivity index (χ4v) is 0.919. The maximum absolute atomic E-state index is 10.6. The van der Waals surface area contributed by atoms with E-state index in [4.69, 9.17) is 5.11 Å². The van der Waals surface area contributed by atoms with Gasteiger partial charge in [-0.1, -0.05) is 5.16 Å². The summed E-state index contributed by atoms with van der Waals surface area (Å²) in [6.45, 7) is 0. The van der Waals surface area contributed by atoms with Crippen LogP contribution < -0.4 is 0 Å². The monoisotopic (exact) mass is 231 g/mol. The molecule has 15 heavy (non-hydrogen) atoms. The highest BCUT2D eigenvalue weighted by Crippen LogP contribution is 2.17. The predicted molar refractivity (Wildman–Crippen MR) is 56.9 cm³/mol. The first-order chi connectivity index (χ1) is 6.65. The number of halogens is 1. The Morgan fingerprint density at radius 1 is 1.53 bits per heavy atom. The number of benzene rings is 1. The second kappa shape index (κ2) is 5.87. The van der Waals surface area contributed by atoms with Gasteiger partial charge in [-0.3, -0.25) is 0 Å². The number of hydrogen-bond donors (Lipinski definition) is 2. The summed E-state index contributed by atoms with van der Waals surface area (Å²) in [5.74, 6) is -1.46. The maximum atomic E-state index is 10.6. The molecule has 0 atom stereocenters. The first-order valence-electron chi connectivity index (χ1n) is 3.78. The van der Waals surface area contributed by atoms with Gasteiger partial charge in [-0.2, -0.15) is 0 Å². The summed E-state index contributed by atoms with van der Waals surface area (Å²) >= 11 is 0. The molecule has 1 rings (SSSR count). The molecular formula is C9H10ClNO4. The number of hydrogen-bond acceptors (Lipinski definition) is 4. The molecule has 0 unspecified atom stereocenters. The van der Waals surface area contributed by atoms with Crippen LogP contribution in [0, 0.1) is 0 Å². The first kappa shape index (κ1) is 13.2. The predicted octanol–water partition coefficient (Wildman–Crippen LogP) is 1.49. The van der Waals surface area contributed by atoms with Crippen molar-refractivity contribution in [2.75, 3.05) is 7.11 Å². The third-order valence-corrected chi connectivity index (χ3v) is 1.56. The van der Waals surface area contributed by atoms with Crippen LogP contribution in [-0.2, 0) is 4.84 Å². The van der Waals surface area contributed by atoms with Crippen molar-refractivity contribution in [3.05, 3.63) is 29.3 Å². The number of carboxylic acids is 1.